The Hall–Kier alpha value is -1.36. The molecule has 1 saturated heterocycles. The van der Waals surface area contributed by atoms with Crippen molar-refractivity contribution < 1.29 is 9.53 Å². The van der Waals surface area contributed by atoms with E-state index in [9.17, 15) is 4.79 Å². The number of likely N-dealkylation sites (tertiary alicyclic amines) is 1. The quantitative estimate of drug-likeness (QED) is 0.780. The maximum absolute atomic E-state index is 11.6. The van der Waals surface area contributed by atoms with Gasteiger partial charge in [0.15, 0.2) is 0 Å². The number of aromatic nitrogens is 2. The Balaban J connectivity index is 1.92. The van der Waals surface area contributed by atoms with Gasteiger partial charge < -0.3 is 4.74 Å². The van der Waals surface area contributed by atoms with Crippen LogP contribution in [0.4, 0.5) is 0 Å². The number of carbonyl (C=O) groups is 1. The summed E-state index contributed by atoms with van der Waals surface area (Å²) in [4.78, 5) is 13.9. The minimum atomic E-state index is -0.0857. The lowest BCUT2D eigenvalue weighted by atomic mass is 9.98. The van der Waals surface area contributed by atoms with Gasteiger partial charge in [-0.1, -0.05) is 0 Å². The van der Waals surface area contributed by atoms with E-state index in [1.807, 2.05) is 10.9 Å². The van der Waals surface area contributed by atoms with Gasteiger partial charge >= 0.3 is 5.97 Å². The second-order valence-corrected chi connectivity index (χ2v) is 5.48. The van der Waals surface area contributed by atoms with E-state index in [1.54, 1.807) is 0 Å². The molecule has 1 aromatic rings. The van der Waals surface area contributed by atoms with Gasteiger partial charge in [-0.25, -0.2) is 0 Å². The van der Waals surface area contributed by atoms with E-state index in [2.05, 4.69) is 29.9 Å². The molecule has 0 saturated carbocycles. The Morgan fingerprint density at radius 2 is 2.37 bits per heavy atom. The molecule has 5 nitrogen and oxygen atoms in total. The van der Waals surface area contributed by atoms with Crippen molar-refractivity contribution in [1.82, 2.24) is 14.7 Å². The summed E-state index contributed by atoms with van der Waals surface area (Å²) < 4.78 is 6.81. The third-order valence-electron chi connectivity index (χ3n) is 3.62. The number of hydrogen-bond donors (Lipinski definition) is 0. The van der Waals surface area contributed by atoms with Crippen LogP contribution in [-0.2, 0) is 16.1 Å². The highest BCUT2D eigenvalue weighted by atomic mass is 16.5. The molecule has 1 aliphatic heterocycles. The molecule has 106 valence electrons. The lowest BCUT2D eigenvalue weighted by Gasteiger charge is -2.30. The molecule has 1 aromatic heterocycles. The van der Waals surface area contributed by atoms with Crippen molar-refractivity contribution >= 4 is 5.97 Å². The van der Waals surface area contributed by atoms with Gasteiger partial charge in [0.1, 0.15) is 0 Å². The topological polar surface area (TPSA) is 47.4 Å². The predicted molar refractivity (Wildman–Crippen MR) is 72.6 cm³/mol. The molecule has 2 heterocycles. The number of piperidine rings is 1. The fraction of sp³-hybridized carbons (Fsp3) is 0.714. The SMILES string of the molecule is COC(=O)[C@H]1CCCN(Cc2ccn(C(C)C)n2)C1. The molecule has 0 radical (unpaired) electrons. The number of hydrogen-bond acceptors (Lipinski definition) is 4. The van der Waals surface area contributed by atoms with Crippen molar-refractivity contribution in [2.45, 2.75) is 39.3 Å². The van der Waals surface area contributed by atoms with Crippen LogP contribution in [0.15, 0.2) is 12.3 Å². The summed E-state index contributed by atoms with van der Waals surface area (Å²) in [5, 5.41) is 4.55. The van der Waals surface area contributed by atoms with Crippen LogP contribution in [-0.4, -0.2) is 40.8 Å². The molecule has 1 aliphatic rings. The number of rotatable bonds is 4. The minimum Gasteiger partial charge on any atom is -0.469 e. The number of methoxy groups -OCH3 is 1. The van der Waals surface area contributed by atoms with Gasteiger partial charge in [-0.15, -0.1) is 0 Å². The Morgan fingerprint density at radius 1 is 1.58 bits per heavy atom. The number of carbonyl (C=O) groups excluding carboxylic acids is 1. The molecule has 2 rings (SSSR count). The average Bonchev–Trinajstić information content (AvgIpc) is 2.87. The van der Waals surface area contributed by atoms with E-state index in [-0.39, 0.29) is 11.9 Å². The van der Waals surface area contributed by atoms with Crippen LogP contribution < -0.4 is 0 Å². The van der Waals surface area contributed by atoms with Crippen molar-refractivity contribution in [3.8, 4) is 0 Å². The van der Waals surface area contributed by atoms with Crippen molar-refractivity contribution in [2.75, 3.05) is 20.2 Å². The van der Waals surface area contributed by atoms with Gasteiger partial charge in [0.05, 0.1) is 18.7 Å². The van der Waals surface area contributed by atoms with Crippen LogP contribution in [0.5, 0.6) is 0 Å². The maximum Gasteiger partial charge on any atom is 0.309 e. The van der Waals surface area contributed by atoms with Gasteiger partial charge in [-0.3, -0.25) is 14.4 Å². The third kappa shape index (κ3) is 3.56. The van der Waals surface area contributed by atoms with Crippen LogP contribution in [0.3, 0.4) is 0 Å². The first-order valence-electron chi connectivity index (χ1n) is 6.94. The van der Waals surface area contributed by atoms with Crippen LogP contribution in [0.1, 0.15) is 38.4 Å². The fourth-order valence-corrected chi connectivity index (χ4v) is 2.54. The zero-order valence-electron chi connectivity index (χ0n) is 12.0. The number of ether oxygens (including phenoxy) is 1. The molecular weight excluding hydrogens is 242 g/mol. The standard InChI is InChI=1S/C14H23N3O2/c1-11(2)17-8-6-13(15-17)10-16-7-4-5-12(9-16)14(18)19-3/h6,8,11-12H,4-5,7,9-10H2,1-3H3/t12-/m0/s1. The number of nitrogens with zero attached hydrogens (tertiary/aromatic N) is 3. The monoisotopic (exact) mass is 265 g/mol. The highest BCUT2D eigenvalue weighted by Crippen LogP contribution is 2.19. The highest BCUT2D eigenvalue weighted by Gasteiger charge is 2.26. The smallest absolute Gasteiger partial charge is 0.309 e. The average molecular weight is 265 g/mol. The lowest BCUT2D eigenvalue weighted by molar-refractivity contribution is -0.147. The molecule has 1 atom stereocenters. The van der Waals surface area contributed by atoms with Gasteiger partial charge in [-0.2, -0.15) is 5.10 Å². The van der Waals surface area contributed by atoms with E-state index in [1.165, 1.54) is 7.11 Å². The maximum atomic E-state index is 11.6. The van der Waals surface area contributed by atoms with E-state index < -0.39 is 0 Å². The van der Waals surface area contributed by atoms with Gasteiger partial charge in [0, 0.05) is 25.3 Å². The second kappa shape index (κ2) is 6.19. The first kappa shape index (κ1) is 14.1. The molecule has 0 N–H and O–H groups in total. The first-order valence-corrected chi connectivity index (χ1v) is 6.94. The fourth-order valence-electron chi connectivity index (χ4n) is 2.54. The largest absolute Gasteiger partial charge is 0.469 e. The molecule has 0 amide bonds. The lowest BCUT2D eigenvalue weighted by Crippen LogP contribution is -2.38. The Bertz CT molecular complexity index is 428. The summed E-state index contributed by atoms with van der Waals surface area (Å²) in [6, 6.07) is 2.44. The zero-order chi connectivity index (χ0) is 13.8. The van der Waals surface area contributed by atoms with Gasteiger partial charge in [0.25, 0.3) is 0 Å². The predicted octanol–water partition coefficient (Wildman–Crippen LogP) is 1.85. The summed E-state index contributed by atoms with van der Waals surface area (Å²) in [5.74, 6) is -0.0663. The summed E-state index contributed by atoms with van der Waals surface area (Å²) in [6.45, 7) is 6.85. The molecule has 19 heavy (non-hydrogen) atoms. The molecular formula is C14H23N3O2. The zero-order valence-corrected chi connectivity index (χ0v) is 12.0. The number of esters is 1. The molecule has 1 fully saturated rings. The van der Waals surface area contributed by atoms with Crippen LogP contribution >= 0.6 is 0 Å². The Labute approximate surface area is 114 Å². The summed E-state index contributed by atoms with van der Waals surface area (Å²) >= 11 is 0. The Morgan fingerprint density at radius 3 is 3.00 bits per heavy atom. The van der Waals surface area contributed by atoms with Crippen molar-refractivity contribution in [3.63, 3.8) is 0 Å². The molecule has 0 bridgehead atoms. The second-order valence-electron chi connectivity index (χ2n) is 5.48. The van der Waals surface area contributed by atoms with Crippen LogP contribution in [0.2, 0.25) is 0 Å². The molecule has 0 spiro atoms. The van der Waals surface area contributed by atoms with Crippen LogP contribution in [0.25, 0.3) is 0 Å². The first-order chi connectivity index (χ1) is 9.10. The summed E-state index contributed by atoms with van der Waals surface area (Å²) in [7, 11) is 1.46. The normalized spacial score (nSPS) is 20.7. The van der Waals surface area contributed by atoms with E-state index in [4.69, 9.17) is 4.74 Å². The van der Waals surface area contributed by atoms with Gasteiger partial charge in [0.2, 0.25) is 0 Å². The van der Waals surface area contributed by atoms with Crippen molar-refractivity contribution in [2.24, 2.45) is 5.92 Å². The van der Waals surface area contributed by atoms with Crippen molar-refractivity contribution in [1.29, 1.82) is 0 Å². The summed E-state index contributed by atoms with van der Waals surface area (Å²) in [5.41, 5.74) is 1.07. The van der Waals surface area contributed by atoms with Crippen molar-refractivity contribution in [3.05, 3.63) is 18.0 Å². The van der Waals surface area contributed by atoms with Gasteiger partial charge in [-0.05, 0) is 39.3 Å². The highest BCUT2D eigenvalue weighted by molar-refractivity contribution is 5.72. The van der Waals surface area contributed by atoms with E-state index >= 15 is 0 Å². The minimum absolute atomic E-state index is 0.0194. The van der Waals surface area contributed by atoms with Crippen LogP contribution in [0, 0.1) is 5.92 Å². The molecule has 0 aliphatic carbocycles. The molecule has 0 aromatic carbocycles. The van der Waals surface area contributed by atoms with E-state index in [0.717, 1.165) is 38.2 Å². The summed E-state index contributed by atoms with van der Waals surface area (Å²) in [6.07, 6.45) is 4.00. The third-order valence-corrected chi connectivity index (χ3v) is 3.62. The van der Waals surface area contributed by atoms with E-state index in [0.29, 0.717) is 6.04 Å². The Kier molecular flexibility index (Phi) is 4.58. The molecule has 0 unspecified atom stereocenters. The molecule has 5 heteroatoms.